The van der Waals surface area contributed by atoms with Crippen LogP contribution in [0.1, 0.15) is 32.1 Å². The van der Waals surface area contributed by atoms with Crippen molar-refractivity contribution in [2.75, 3.05) is 11.9 Å². The van der Waals surface area contributed by atoms with E-state index >= 15 is 0 Å². The molecule has 1 amide bonds. The summed E-state index contributed by atoms with van der Waals surface area (Å²) in [6.07, 6.45) is 4.88. The van der Waals surface area contributed by atoms with E-state index in [1.54, 1.807) is 18.2 Å². The summed E-state index contributed by atoms with van der Waals surface area (Å²) >= 11 is 3.33. The van der Waals surface area contributed by atoms with E-state index in [1.807, 2.05) is 0 Å². The highest BCUT2D eigenvalue weighted by Gasteiger charge is 2.38. The molecule has 0 bridgehead atoms. The first-order chi connectivity index (χ1) is 9.07. The molecule has 0 heterocycles. The first-order valence-electron chi connectivity index (χ1n) is 6.57. The Bertz CT molecular complexity index is 471. The van der Waals surface area contributed by atoms with Crippen LogP contribution in [-0.4, -0.2) is 17.6 Å². The second-order valence-corrected chi connectivity index (χ2v) is 6.08. The maximum atomic E-state index is 12.5. The number of halogens is 1. The van der Waals surface area contributed by atoms with E-state index in [-0.39, 0.29) is 11.7 Å². The van der Waals surface area contributed by atoms with Gasteiger partial charge in [0, 0.05) is 11.0 Å². The minimum atomic E-state index is -0.479. The van der Waals surface area contributed by atoms with Crippen molar-refractivity contribution in [2.45, 2.75) is 32.1 Å². The highest BCUT2D eigenvalue weighted by atomic mass is 79.9. The molecule has 2 rings (SSSR count). The number of rotatable bonds is 3. The Kier molecular flexibility index (Phi) is 4.47. The van der Waals surface area contributed by atoms with E-state index in [9.17, 15) is 9.90 Å². The zero-order chi connectivity index (χ0) is 13.9. The molecule has 0 saturated heterocycles. The minimum absolute atomic E-state index is 0.0690. The van der Waals surface area contributed by atoms with Gasteiger partial charge in [0.2, 0.25) is 5.91 Å². The maximum Gasteiger partial charge on any atom is 0.231 e. The maximum absolute atomic E-state index is 12.5. The Morgan fingerprint density at radius 2 is 2.05 bits per heavy atom. The van der Waals surface area contributed by atoms with Gasteiger partial charge in [0.1, 0.15) is 5.75 Å². The van der Waals surface area contributed by atoms with Crippen molar-refractivity contribution >= 4 is 27.5 Å². The Morgan fingerprint density at radius 3 is 2.68 bits per heavy atom. The number of carbonyl (C=O) groups is 1. The number of amides is 1. The largest absolute Gasteiger partial charge is 0.506 e. The molecule has 1 saturated carbocycles. The van der Waals surface area contributed by atoms with Gasteiger partial charge in [-0.15, -0.1) is 0 Å². The number of aromatic hydroxyl groups is 1. The number of hydrogen-bond acceptors (Lipinski definition) is 3. The smallest absolute Gasteiger partial charge is 0.231 e. The fourth-order valence-corrected chi connectivity index (χ4v) is 2.98. The van der Waals surface area contributed by atoms with Gasteiger partial charge in [-0.05, 0) is 31.0 Å². The quantitative estimate of drug-likeness (QED) is 0.747. The van der Waals surface area contributed by atoms with Crippen LogP contribution < -0.4 is 11.1 Å². The van der Waals surface area contributed by atoms with Crippen molar-refractivity contribution in [3.8, 4) is 5.75 Å². The summed E-state index contributed by atoms with van der Waals surface area (Å²) in [7, 11) is 0. The molecule has 5 heteroatoms. The minimum Gasteiger partial charge on any atom is -0.506 e. The molecular weight excluding hydrogens is 308 g/mol. The second-order valence-electron chi connectivity index (χ2n) is 5.16. The lowest BCUT2D eigenvalue weighted by Crippen LogP contribution is -2.43. The zero-order valence-corrected chi connectivity index (χ0v) is 12.4. The zero-order valence-electron chi connectivity index (χ0n) is 10.8. The molecule has 0 atom stereocenters. The fourth-order valence-electron chi connectivity index (χ4n) is 2.62. The predicted octanol–water partition coefficient (Wildman–Crippen LogP) is 3.00. The van der Waals surface area contributed by atoms with Gasteiger partial charge in [-0.1, -0.05) is 35.2 Å². The summed E-state index contributed by atoms with van der Waals surface area (Å²) in [4.78, 5) is 12.5. The van der Waals surface area contributed by atoms with E-state index in [4.69, 9.17) is 5.73 Å². The monoisotopic (exact) mass is 326 g/mol. The van der Waals surface area contributed by atoms with Crippen LogP contribution in [0.3, 0.4) is 0 Å². The lowest BCUT2D eigenvalue weighted by molar-refractivity contribution is -0.126. The number of hydrogen-bond donors (Lipinski definition) is 3. The Morgan fingerprint density at radius 1 is 1.37 bits per heavy atom. The normalized spacial score (nSPS) is 18.0. The van der Waals surface area contributed by atoms with Gasteiger partial charge in [0.05, 0.1) is 11.1 Å². The summed E-state index contributed by atoms with van der Waals surface area (Å²) in [5.74, 6) is -0.0115. The number of phenolic OH excluding ortho intramolecular Hbond substituents is 1. The van der Waals surface area contributed by atoms with Gasteiger partial charge in [0.15, 0.2) is 0 Å². The van der Waals surface area contributed by atoms with E-state index in [2.05, 4.69) is 21.2 Å². The van der Waals surface area contributed by atoms with Crippen LogP contribution in [0, 0.1) is 5.41 Å². The number of benzene rings is 1. The highest BCUT2D eigenvalue weighted by Crippen LogP contribution is 2.37. The summed E-state index contributed by atoms with van der Waals surface area (Å²) in [5.41, 5.74) is 5.78. The van der Waals surface area contributed by atoms with Crippen molar-refractivity contribution in [3.05, 3.63) is 22.7 Å². The van der Waals surface area contributed by atoms with Crippen molar-refractivity contribution < 1.29 is 9.90 Å². The number of anilines is 1. The van der Waals surface area contributed by atoms with E-state index in [0.29, 0.717) is 12.2 Å². The van der Waals surface area contributed by atoms with Crippen molar-refractivity contribution in [3.63, 3.8) is 0 Å². The summed E-state index contributed by atoms with van der Waals surface area (Å²) in [6, 6.07) is 4.97. The summed E-state index contributed by atoms with van der Waals surface area (Å²) in [5, 5.41) is 12.6. The van der Waals surface area contributed by atoms with Crippen LogP contribution in [0.25, 0.3) is 0 Å². The number of nitrogens with one attached hydrogen (secondary N) is 1. The lowest BCUT2D eigenvalue weighted by Gasteiger charge is -2.34. The van der Waals surface area contributed by atoms with Gasteiger partial charge < -0.3 is 16.2 Å². The van der Waals surface area contributed by atoms with Crippen LogP contribution in [-0.2, 0) is 4.79 Å². The molecule has 1 aliphatic rings. The summed E-state index contributed by atoms with van der Waals surface area (Å²) in [6.45, 7) is 0.355. The van der Waals surface area contributed by atoms with Crippen LogP contribution >= 0.6 is 15.9 Å². The molecule has 0 radical (unpaired) electrons. The van der Waals surface area contributed by atoms with Gasteiger partial charge in [-0.2, -0.15) is 0 Å². The molecule has 1 fully saturated rings. The highest BCUT2D eigenvalue weighted by molar-refractivity contribution is 9.10. The van der Waals surface area contributed by atoms with Crippen molar-refractivity contribution in [1.29, 1.82) is 0 Å². The number of phenols is 1. The Balaban J connectivity index is 2.17. The van der Waals surface area contributed by atoms with Gasteiger partial charge in [0.25, 0.3) is 0 Å². The third kappa shape index (κ3) is 3.09. The Labute approximate surface area is 121 Å². The Hall–Kier alpha value is -1.07. The number of nitrogens with two attached hydrogens (primary N) is 1. The molecule has 4 N–H and O–H groups in total. The van der Waals surface area contributed by atoms with Gasteiger partial charge >= 0.3 is 0 Å². The SMILES string of the molecule is NCC1(C(=O)Nc2cc(Br)ccc2O)CCCCC1. The summed E-state index contributed by atoms with van der Waals surface area (Å²) < 4.78 is 0.811. The molecule has 1 aromatic carbocycles. The molecule has 104 valence electrons. The van der Waals surface area contributed by atoms with Gasteiger partial charge in [-0.25, -0.2) is 0 Å². The van der Waals surface area contributed by atoms with E-state index in [0.717, 1.165) is 36.6 Å². The third-order valence-electron chi connectivity index (χ3n) is 3.89. The molecule has 19 heavy (non-hydrogen) atoms. The molecule has 0 spiro atoms. The van der Waals surface area contributed by atoms with Crippen LogP contribution in [0.4, 0.5) is 5.69 Å². The molecule has 1 aromatic rings. The first-order valence-corrected chi connectivity index (χ1v) is 7.37. The number of carbonyl (C=O) groups excluding carboxylic acids is 1. The van der Waals surface area contributed by atoms with Gasteiger partial charge in [-0.3, -0.25) is 4.79 Å². The van der Waals surface area contributed by atoms with Crippen LogP contribution in [0.5, 0.6) is 5.75 Å². The molecule has 0 unspecified atom stereocenters. The topological polar surface area (TPSA) is 75.4 Å². The first kappa shape index (κ1) is 14.3. The van der Waals surface area contributed by atoms with Crippen molar-refractivity contribution in [1.82, 2.24) is 0 Å². The molecular formula is C14H19BrN2O2. The predicted molar refractivity (Wildman–Crippen MR) is 79.0 cm³/mol. The average molecular weight is 327 g/mol. The average Bonchev–Trinajstić information content (AvgIpc) is 2.43. The van der Waals surface area contributed by atoms with Crippen LogP contribution in [0.2, 0.25) is 0 Å². The van der Waals surface area contributed by atoms with Crippen LogP contribution in [0.15, 0.2) is 22.7 Å². The third-order valence-corrected chi connectivity index (χ3v) is 4.38. The van der Waals surface area contributed by atoms with E-state index in [1.165, 1.54) is 0 Å². The fraction of sp³-hybridized carbons (Fsp3) is 0.500. The second kappa shape index (κ2) is 5.92. The van der Waals surface area contributed by atoms with E-state index < -0.39 is 5.41 Å². The molecule has 0 aliphatic heterocycles. The molecule has 4 nitrogen and oxygen atoms in total. The van der Waals surface area contributed by atoms with Crippen molar-refractivity contribution in [2.24, 2.45) is 11.1 Å². The lowest BCUT2D eigenvalue weighted by atomic mass is 9.73. The molecule has 0 aromatic heterocycles. The standard InChI is InChI=1S/C14H19BrN2O2/c15-10-4-5-12(18)11(8-10)17-13(19)14(9-16)6-2-1-3-7-14/h4-5,8,18H,1-3,6-7,9,16H2,(H,17,19). The molecule has 1 aliphatic carbocycles.